The zero-order valence-corrected chi connectivity index (χ0v) is 15.1. The number of nitrogens with two attached hydrogens (primary N) is 1. The molecule has 0 spiro atoms. The Hall–Kier alpha value is -2.66. The molecule has 3 heterocycles. The molecule has 128 valence electrons. The summed E-state index contributed by atoms with van der Waals surface area (Å²) in [7, 11) is 2.02. The van der Waals surface area contributed by atoms with Gasteiger partial charge in [-0.2, -0.15) is 0 Å². The Morgan fingerprint density at radius 1 is 1.20 bits per heavy atom. The average Bonchev–Trinajstić information content (AvgIpc) is 3.14. The van der Waals surface area contributed by atoms with Gasteiger partial charge < -0.3 is 10.8 Å². The predicted octanol–water partition coefficient (Wildman–Crippen LogP) is 3.87. The molecule has 0 atom stereocenters. The topological polar surface area (TPSA) is 72.5 Å². The van der Waals surface area contributed by atoms with Crippen LogP contribution < -0.4 is 5.73 Å². The van der Waals surface area contributed by atoms with E-state index in [1.165, 1.54) is 5.56 Å². The fraction of sp³-hybridized carbons (Fsp3) is 0.300. The van der Waals surface area contributed by atoms with Crippen molar-refractivity contribution in [2.24, 2.45) is 12.8 Å². The summed E-state index contributed by atoms with van der Waals surface area (Å²) in [6, 6.07) is 8.40. The van der Waals surface area contributed by atoms with Crippen molar-refractivity contribution < 1.29 is 0 Å². The lowest BCUT2D eigenvalue weighted by atomic mass is 9.93. The standard InChI is InChI=1S/C20H23N5/c1-5-15-16-18-13(11-23-25(18)4)10-22-19(16)24-17(15)12-6-8-14(9-7-12)20(2,3)21/h6-11,23H,5,21H2,1-4H3. The number of hydrogen-bond donors (Lipinski definition) is 2. The van der Waals surface area contributed by atoms with Gasteiger partial charge in [-0.15, -0.1) is 0 Å². The van der Waals surface area contributed by atoms with Crippen molar-refractivity contribution in [2.75, 3.05) is 0 Å². The van der Waals surface area contributed by atoms with E-state index in [0.29, 0.717) is 0 Å². The van der Waals surface area contributed by atoms with Crippen molar-refractivity contribution in [3.8, 4) is 11.3 Å². The minimum atomic E-state index is -0.344. The van der Waals surface area contributed by atoms with Crippen LogP contribution >= 0.6 is 0 Å². The molecule has 3 N–H and O–H groups in total. The minimum Gasteiger partial charge on any atom is -0.322 e. The van der Waals surface area contributed by atoms with Gasteiger partial charge in [0.05, 0.1) is 16.6 Å². The normalized spacial score (nSPS) is 12.4. The Morgan fingerprint density at radius 2 is 1.92 bits per heavy atom. The van der Waals surface area contributed by atoms with Crippen LogP contribution in [0.1, 0.15) is 31.9 Å². The zero-order valence-electron chi connectivity index (χ0n) is 15.1. The van der Waals surface area contributed by atoms with E-state index >= 15 is 0 Å². The number of H-pyrrole nitrogens is 1. The highest BCUT2D eigenvalue weighted by Gasteiger charge is 2.19. The molecule has 0 amide bonds. The van der Waals surface area contributed by atoms with Gasteiger partial charge in [0.25, 0.3) is 0 Å². The molecule has 0 fully saturated rings. The molecule has 1 aromatic carbocycles. The van der Waals surface area contributed by atoms with E-state index < -0.39 is 0 Å². The monoisotopic (exact) mass is 333 g/mol. The molecule has 4 rings (SSSR count). The van der Waals surface area contributed by atoms with Crippen LogP contribution in [0.2, 0.25) is 0 Å². The number of aromatic amines is 1. The summed E-state index contributed by atoms with van der Waals surface area (Å²) in [6.45, 7) is 6.20. The van der Waals surface area contributed by atoms with Crippen LogP contribution in [0.25, 0.3) is 33.2 Å². The molecule has 3 aromatic heterocycles. The number of rotatable bonds is 3. The van der Waals surface area contributed by atoms with E-state index in [-0.39, 0.29) is 5.54 Å². The van der Waals surface area contributed by atoms with Crippen molar-refractivity contribution >= 4 is 21.9 Å². The molecular formula is C20H23N5. The van der Waals surface area contributed by atoms with E-state index in [4.69, 9.17) is 10.7 Å². The third kappa shape index (κ3) is 2.43. The molecule has 0 bridgehead atoms. The maximum Gasteiger partial charge on any atom is 0.162 e. The van der Waals surface area contributed by atoms with Crippen molar-refractivity contribution in [3.63, 3.8) is 0 Å². The Balaban J connectivity index is 1.96. The summed E-state index contributed by atoms with van der Waals surface area (Å²) in [5, 5.41) is 5.47. The Bertz CT molecular complexity index is 1060. The molecule has 5 heteroatoms. The molecule has 0 unspecified atom stereocenters. The Morgan fingerprint density at radius 3 is 2.56 bits per heavy atom. The number of pyridine rings is 1. The largest absolute Gasteiger partial charge is 0.322 e. The van der Waals surface area contributed by atoms with Crippen LogP contribution in [0.3, 0.4) is 0 Å². The van der Waals surface area contributed by atoms with E-state index in [1.807, 2.05) is 38.0 Å². The van der Waals surface area contributed by atoms with Crippen molar-refractivity contribution in [3.05, 3.63) is 47.8 Å². The number of aryl methyl sites for hydroxylation is 2. The molecule has 0 aliphatic carbocycles. The highest BCUT2D eigenvalue weighted by Crippen LogP contribution is 2.34. The second kappa shape index (κ2) is 5.43. The number of aromatic nitrogens is 4. The maximum atomic E-state index is 6.20. The van der Waals surface area contributed by atoms with Crippen LogP contribution in [0.5, 0.6) is 0 Å². The summed E-state index contributed by atoms with van der Waals surface area (Å²) in [4.78, 5) is 9.42. The summed E-state index contributed by atoms with van der Waals surface area (Å²) in [6.07, 6.45) is 4.76. The highest BCUT2D eigenvalue weighted by atomic mass is 15.2. The summed E-state index contributed by atoms with van der Waals surface area (Å²) in [5.41, 5.74) is 12.3. The summed E-state index contributed by atoms with van der Waals surface area (Å²) >= 11 is 0. The van der Waals surface area contributed by atoms with Crippen molar-refractivity contribution in [1.29, 1.82) is 0 Å². The molecule has 0 saturated heterocycles. The maximum absolute atomic E-state index is 6.20. The van der Waals surface area contributed by atoms with E-state index in [2.05, 4.69) is 41.3 Å². The molecule has 0 aliphatic rings. The second-order valence-electron chi connectivity index (χ2n) is 7.18. The summed E-state index contributed by atoms with van der Waals surface area (Å²) < 4.78 is 2.03. The molecule has 5 nitrogen and oxygen atoms in total. The Kier molecular flexibility index (Phi) is 3.44. The predicted molar refractivity (Wildman–Crippen MR) is 102 cm³/mol. The molecule has 25 heavy (non-hydrogen) atoms. The van der Waals surface area contributed by atoms with Crippen LogP contribution in [0.15, 0.2) is 36.7 Å². The van der Waals surface area contributed by atoms with E-state index in [1.54, 1.807) is 0 Å². The van der Waals surface area contributed by atoms with Crippen LogP contribution in [-0.2, 0) is 19.0 Å². The van der Waals surface area contributed by atoms with Crippen LogP contribution in [-0.4, -0.2) is 19.7 Å². The Labute approximate surface area is 146 Å². The average molecular weight is 333 g/mol. The van der Waals surface area contributed by atoms with Gasteiger partial charge in [0.15, 0.2) is 5.65 Å². The quantitative estimate of drug-likeness (QED) is 0.598. The zero-order chi connectivity index (χ0) is 17.8. The third-order valence-electron chi connectivity index (χ3n) is 4.87. The number of fused-ring (bicyclic) bond motifs is 3. The molecule has 0 saturated carbocycles. The lowest BCUT2D eigenvalue weighted by molar-refractivity contribution is 0.554. The third-order valence-corrected chi connectivity index (χ3v) is 4.87. The first-order chi connectivity index (χ1) is 11.9. The van der Waals surface area contributed by atoms with Gasteiger partial charge >= 0.3 is 0 Å². The first-order valence-corrected chi connectivity index (χ1v) is 8.61. The van der Waals surface area contributed by atoms with Gasteiger partial charge in [-0.25, -0.2) is 9.97 Å². The smallest absolute Gasteiger partial charge is 0.162 e. The molecule has 0 radical (unpaired) electrons. The first-order valence-electron chi connectivity index (χ1n) is 8.61. The van der Waals surface area contributed by atoms with Gasteiger partial charge in [0, 0.05) is 35.9 Å². The lowest BCUT2D eigenvalue weighted by Gasteiger charge is -2.19. The fourth-order valence-electron chi connectivity index (χ4n) is 3.50. The second-order valence-corrected chi connectivity index (χ2v) is 7.18. The molecular weight excluding hydrogens is 310 g/mol. The first kappa shape index (κ1) is 15.8. The van der Waals surface area contributed by atoms with Crippen LogP contribution in [0.4, 0.5) is 0 Å². The summed E-state index contributed by atoms with van der Waals surface area (Å²) in [5.74, 6) is 0. The SMILES string of the molecule is CCc1c(-c2ccc(C(C)(C)N)cc2)nc2ncc3c[nH]n(C)c3c12. The van der Waals surface area contributed by atoms with Gasteiger partial charge in [-0.1, -0.05) is 31.2 Å². The van der Waals surface area contributed by atoms with Gasteiger partial charge in [0.1, 0.15) is 0 Å². The van der Waals surface area contributed by atoms with Crippen molar-refractivity contribution in [1.82, 2.24) is 19.7 Å². The number of benzene rings is 1. The van der Waals surface area contributed by atoms with Gasteiger partial charge in [-0.05, 0) is 31.4 Å². The molecule has 4 aromatic rings. The van der Waals surface area contributed by atoms with Crippen molar-refractivity contribution in [2.45, 2.75) is 32.7 Å². The number of nitrogens with zero attached hydrogens (tertiary/aromatic N) is 3. The minimum absolute atomic E-state index is 0.344. The molecule has 0 aliphatic heterocycles. The van der Waals surface area contributed by atoms with Crippen LogP contribution in [0, 0.1) is 0 Å². The van der Waals surface area contributed by atoms with Gasteiger partial charge in [0.2, 0.25) is 0 Å². The highest BCUT2D eigenvalue weighted by molar-refractivity contribution is 6.06. The number of nitrogens with one attached hydrogen (secondary N) is 1. The van der Waals surface area contributed by atoms with E-state index in [9.17, 15) is 0 Å². The number of hydrogen-bond acceptors (Lipinski definition) is 3. The van der Waals surface area contributed by atoms with E-state index in [0.717, 1.165) is 45.2 Å². The fourth-order valence-corrected chi connectivity index (χ4v) is 3.50. The lowest BCUT2D eigenvalue weighted by Crippen LogP contribution is -2.28. The van der Waals surface area contributed by atoms with Gasteiger partial charge in [-0.3, -0.25) is 4.68 Å².